The summed E-state index contributed by atoms with van der Waals surface area (Å²) in [5.74, 6) is 0. The van der Waals surface area contributed by atoms with Crippen LogP contribution in [0.1, 0.15) is 12.5 Å². The first-order valence-electron chi connectivity index (χ1n) is 4.13. The normalized spacial score (nSPS) is 15.9. The molecule has 70 valence electrons. The number of rotatable bonds is 3. The second-order valence-corrected chi connectivity index (χ2v) is 4.58. The van der Waals surface area contributed by atoms with Gasteiger partial charge < -0.3 is 0 Å². The maximum absolute atomic E-state index is 6.14. The van der Waals surface area contributed by atoms with Gasteiger partial charge in [-0.15, -0.1) is 11.6 Å². The molecule has 0 aliphatic rings. The second kappa shape index (κ2) is 4.83. The Bertz CT molecular complexity index is 277. The van der Waals surface area contributed by atoms with E-state index in [0.29, 0.717) is 0 Å². The van der Waals surface area contributed by atoms with E-state index >= 15 is 0 Å². The number of benzene rings is 1. The van der Waals surface area contributed by atoms with Gasteiger partial charge >= 0.3 is 0 Å². The lowest BCUT2D eigenvalue weighted by molar-refractivity contribution is 0.910. The molecular weight excluding hydrogens is 247 g/mol. The number of alkyl halides is 2. The molecular formula is C11H12BrCl. The Morgan fingerprint density at radius 1 is 1.38 bits per heavy atom. The first kappa shape index (κ1) is 10.8. The Kier molecular flexibility index (Phi) is 4.01. The maximum Gasteiger partial charge on any atom is 0.0697 e. The highest BCUT2D eigenvalue weighted by molar-refractivity contribution is 9.09. The molecule has 0 bridgehead atoms. The van der Waals surface area contributed by atoms with E-state index in [9.17, 15) is 0 Å². The first-order valence-corrected chi connectivity index (χ1v) is 5.63. The highest BCUT2D eigenvalue weighted by Gasteiger charge is 2.13. The zero-order chi connectivity index (χ0) is 9.73. The molecule has 1 aromatic carbocycles. The van der Waals surface area contributed by atoms with Crippen molar-refractivity contribution in [2.75, 3.05) is 5.33 Å². The SMILES string of the molecule is CC(Cl)(C=Cc1ccccc1)CBr. The van der Waals surface area contributed by atoms with Gasteiger partial charge in [-0.2, -0.15) is 0 Å². The Hall–Kier alpha value is -0.270. The zero-order valence-corrected chi connectivity index (χ0v) is 9.85. The van der Waals surface area contributed by atoms with Crippen LogP contribution < -0.4 is 0 Å². The van der Waals surface area contributed by atoms with Gasteiger partial charge in [0, 0.05) is 5.33 Å². The van der Waals surface area contributed by atoms with Gasteiger partial charge in [-0.05, 0) is 12.5 Å². The Morgan fingerprint density at radius 3 is 2.54 bits per heavy atom. The predicted molar refractivity (Wildman–Crippen MR) is 63.5 cm³/mol. The van der Waals surface area contributed by atoms with Crippen molar-refractivity contribution < 1.29 is 0 Å². The third-order valence-electron chi connectivity index (χ3n) is 1.68. The van der Waals surface area contributed by atoms with Crippen LogP contribution in [0.25, 0.3) is 6.08 Å². The van der Waals surface area contributed by atoms with Crippen molar-refractivity contribution in [2.24, 2.45) is 0 Å². The first-order chi connectivity index (χ1) is 6.14. The molecule has 13 heavy (non-hydrogen) atoms. The molecule has 0 saturated carbocycles. The Morgan fingerprint density at radius 2 is 2.00 bits per heavy atom. The van der Waals surface area contributed by atoms with Gasteiger partial charge in [0.1, 0.15) is 0 Å². The smallest absolute Gasteiger partial charge is 0.0697 e. The highest BCUT2D eigenvalue weighted by Crippen LogP contribution is 2.20. The van der Waals surface area contributed by atoms with Gasteiger partial charge in [-0.1, -0.05) is 58.4 Å². The van der Waals surface area contributed by atoms with E-state index in [-0.39, 0.29) is 4.87 Å². The molecule has 0 amide bonds. The average Bonchev–Trinajstić information content (AvgIpc) is 2.17. The third-order valence-corrected chi connectivity index (χ3v) is 3.43. The van der Waals surface area contributed by atoms with E-state index < -0.39 is 0 Å². The zero-order valence-electron chi connectivity index (χ0n) is 7.50. The van der Waals surface area contributed by atoms with Gasteiger partial charge in [-0.3, -0.25) is 0 Å². The van der Waals surface area contributed by atoms with E-state index in [1.54, 1.807) is 0 Å². The lowest BCUT2D eigenvalue weighted by Crippen LogP contribution is -2.13. The van der Waals surface area contributed by atoms with E-state index in [0.717, 1.165) is 5.33 Å². The maximum atomic E-state index is 6.14. The summed E-state index contributed by atoms with van der Waals surface area (Å²) in [5, 5.41) is 0.755. The van der Waals surface area contributed by atoms with Crippen LogP contribution >= 0.6 is 27.5 Å². The fraction of sp³-hybridized carbons (Fsp3) is 0.273. The molecule has 1 aromatic rings. The van der Waals surface area contributed by atoms with Crippen molar-refractivity contribution in [3.63, 3.8) is 0 Å². The summed E-state index contributed by atoms with van der Waals surface area (Å²) in [6.07, 6.45) is 4.03. The third kappa shape index (κ3) is 3.97. The van der Waals surface area contributed by atoms with E-state index in [4.69, 9.17) is 11.6 Å². The van der Waals surface area contributed by atoms with Crippen molar-refractivity contribution in [3.05, 3.63) is 42.0 Å². The molecule has 0 nitrogen and oxygen atoms in total. The van der Waals surface area contributed by atoms with Crippen LogP contribution in [0, 0.1) is 0 Å². The molecule has 0 saturated heterocycles. The van der Waals surface area contributed by atoms with Crippen LogP contribution in [0.5, 0.6) is 0 Å². The molecule has 1 rings (SSSR count). The largest absolute Gasteiger partial charge is 0.114 e. The average molecular weight is 260 g/mol. The molecule has 0 radical (unpaired) electrons. The monoisotopic (exact) mass is 258 g/mol. The van der Waals surface area contributed by atoms with Gasteiger partial charge in [-0.25, -0.2) is 0 Å². The Labute approximate surface area is 92.7 Å². The lowest BCUT2D eigenvalue weighted by Gasteiger charge is -2.12. The minimum atomic E-state index is -0.296. The van der Waals surface area contributed by atoms with Gasteiger partial charge in [0.15, 0.2) is 0 Å². The number of allylic oxidation sites excluding steroid dienone is 1. The Balaban J connectivity index is 2.69. The summed E-state index contributed by atoms with van der Waals surface area (Å²) in [4.78, 5) is -0.296. The van der Waals surface area contributed by atoms with Crippen LogP contribution in [0.2, 0.25) is 0 Å². The molecule has 0 aromatic heterocycles. The summed E-state index contributed by atoms with van der Waals surface area (Å²) in [7, 11) is 0. The van der Waals surface area contributed by atoms with Crippen LogP contribution in [-0.4, -0.2) is 10.2 Å². The molecule has 0 aliphatic heterocycles. The molecule has 0 aliphatic carbocycles. The van der Waals surface area contributed by atoms with Gasteiger partial charge in [0.25, 0.3) is 0 Å². The summed E-state index contributed by atoms with van der Waals surface area (Å²) in [6, 6.07) is 10.1. The number of hydrogen-bond acceptors (Lipinski definition) is 0. The van der Waals surface area contributed by atoms with Crippen molar-refractivity contribution >= 4 is 33.6 Å². The van der Waals surface area contributed by atoms with E-state index in [1.807, 2.05) is 37.3 Å². The van der Waals surface area contributed by atoms with Gasteiger partial charge in [0.2, 0.25) is 0 Å². The molecule has 0 N–H and O–H groups in total. The van der Waals surface area contributed by atoms with Crippen molar-refractivity contribution in [3.8, 4) is 0 Å². The highest BCUT2D eigenvalue weighted by atomic mass is 79.9. The quantitative estimate of drug-likeness (QED) is 0.717. The molecule has 0 spiro atoms. The van der Waals surface area contributed by atoms with Crippen molar-refractivity contribution in [1.29, 1.82) is 0 Å². The number of halogens is 2. The molecule has 0 heterocycles. The van der Waals surface area contributed by atoms with Crippen LogP contribution in [-0.2, 0) is 0 Å². The van der Waals surface area contributed by atoms with E-state index in [1.165, 1.54) is 5.56 Å². The van der Waals surface area contributed by atoms with Gasteiger partial charge in [0.05, 0.1) is 4.87 Å². The number of hydrogen-bond donors (Lipinski definition) is 0. The minimum absolute atomic E-state index is 0.296. The predicted octanol–water partition coefficient (Wildman–Crippen LogP) is 4.09. The standard InChI is InChI=1S/C11H12BrCl/c1-11(13,9-12)8-7-10-5-3-2-4-6-10/h2-8H,9H2,1H3. The van der Waals surface area contributed by atoms with Crippen LogP contribution in [0.4, 0.5) is 0 Å². The van der Waals surface area contributed by atoms with Crippen molar-refractivity contribution in [2.45, 2.75) is 11.8 Å². The summed E-state index contributed by atoms with van der Waals surface area (Å²) in [5.41, 5.74) is 1.18. The molecule has 2 heteroatoms. The minimum Gasteiger partial charge on any atom is -0.114 e. The van der Waals surface area contributed by atoms with Crippen molar-refractivity contribution in [1.82, 2.24) is 0 Å². The summed E-state index contributed by atoms with van der Waals surface area (Å²) in [6.45, 7) is 1.97. The summed E-state index contributed by atoms with van der Waals surface area (Å²) < 4.78 is 0. The lowest BCUT2D eigenvalue weighted by atomic mass is 10.1. The fourth-order valence-corrected chi connectivity index (χ4v) is 1.13. The topological polar surface area (TPSA) is 0 Å². The van der Waals surface area contributed by atoms with Crippen LogP contribution in [0.3, 0.4) is 0 Å². The molecule has 1 atom stereocenters. The molecule has 1 unspecified atom stereocenters. The molecule has 0 fully saturated rings. The summed E-state index contributed by atoms with van der Waals surface area (Å²) >= 11 is 9.50. The van der Waals surface area contributed by atoms with Crippen LogP contribution in [0.15, 0.2) is 36.4 Å². The van der Waals surface area contributed by atoms with E-state index in [2.05, 4.69) is 28.1 Å². The fourth-order valence-electron chi connectivity index (χ4n) is 0.879. The second-order valence-electron chi connectivity index (χ2n) is 3.16.